The fourth-order valence-corrected chi connectivity index (χ4v) is 1.60. The first-order valence-electron chi connectivity index (χ1n) is 5.58. The van der Waals surface area contributed by atoms with E-state index in [1.165, 1.54) is 22.3 Å². The van der Waals surface area contributed by atoms with E-state index in [1.54, 1.807) is 0 Å². The lowest BCUT2D eigenvalue weighted by molar-refractivity contribution is 0.851. The van der Waals surface area contributed by atoms with Gasteiger partial charge in [-0.2, -0.15) is 0 Å². The normalized spacial score (nSPS) is 11.9. The van der Waals surface area contributed by atoms with Crippen molar-refractivity contribution in [3.63, 3.8) is 0 Å². The molecule has 15 heavy (non-hydrogen) atoms. The fourth-order valence-electron chi connectivity index (χ4n) is 1.60. The van der Waals surface area contributed by atoms with E-state index >= 15 is 0 Å². The van der Waals surface area contributed by atoms with E-state index in [2.05, 4.69) is 50.4 Å². The molecule has 82 valence electrons. The average molecular weight is 203 g/mol. The second kappa shape index (κ2) is 5.72. The lowest BCUT2D eigenvalue weighted by Gasteiger charge is -2.05. The van der Waals surface area contributed by atoms with Crippen LogP contribution in [0.25, 0.3) is 6.08 Å². The quantitative estimate of drug-likeness (QED) is 0.791. The lowest BCUT2D eigenvalue weighted by atomic mass is 10.0. The van der Waals surface area contributed by atoms with Crippen molar-refractivity contribution in [2.24, 2.45) is 0 Å². The van der Waals surface area contributed by atoms with E-state index in [-0.39, 0.29) is 0 Å². The van der Waals surface area contributed by atoms with Crippen LogP contribution < -0.4 is 5.32 Å². The largest absolute Gasteiger partial charge is 0.316 e. The van der Waals surface area contributed by atoms with Crippen LogP contribution in [0.3, 0.4) is 0 Å². The van der Waals surface area contributed by atoms with Crippen LogP contribution in [-0.4, -0.2) is 13.6 Å². The Morgan fingerprint density at radius 3 is 2.53 bits per heavy atom. The van der Waals surface area contributed by atoms with E-state index < -0.39 is 0 Å². The van der Waals surface area contributed by atoms with Crippen molar-refractivity contribution >= 4 is 6.08 Å². The zero-order chi connectivity index (χ0) is 11.3. The summed E-state index contributed by atoms with van der Waals surface area (Å²) in [6.45, 7) is 7.49. The molecule has 0 radical (unpaired) electrons. The maximum Gasteiger partial charge on any atom is 0.0164 e. The third-order valence-corrected chi connectivity index (χ3v) is 2.76. The Balaban J connectivity index is 2.91. The van der Waals surface area contributed by atoms with Gasteiger partial charge in [0.2, 0.25) is 0 Å². The molecule has 0 amide bonds. The molecule has 0 aromatic heterocycles. The Hall–Kier alpha value is -1.08. The summed E-state index contributed by atoms with van der Waals surface area (Å²) in [7, 11) is 1.99. The minimum absolute atomic E-state index is 0.976. The van der Waals surface area contributed by atoms with Gasteiger partial charge in [-0.3, -0.25) is 0 Å². The highest BCUT2D eigenvalue weighted by Crippen LogP contribution is 2.14. The summed E-state index contributed by atoms with van der Waals surface area (Å²) >= 11 is 0. The number of likely N-dealkylation sites (N-methyl/N-ethyl adjacent to an activating group) is 1. The van der Waals surface area contributed by atoms with Gasteiger partial charge in [0.1, 0.15) is 0 Å². The maximum absolute atomic E-state index is 3.20. The summed E-state index contributed by atoms with van der Waals surface area (Å²) in [6, 6.07) is 6.63. The summed E-state index contributed by atoms with van der Waals surface area (Å²) in [5.41, 5.74) is 5.48. The molecule has 0 aliphatic carbocycles. The van der Waals surface area contributed by atoms with E-state index in [0.29, 0.717) is 0 Å². The van der Waals surface area contributed by atoms with Crippen LogP contribution in [0.1, 0.15) is 30.0 Å². The van der Waals surface area contributed by atoms with E-state index in [0.717, 1.165) is 13.0 Å². The SMILES string of the molecule is CCC(=Cc1ccc(C)c(C)c1)CNC. The van der Waals surface area contributed by atoms with Crippen molar-refractivity contribution < 1.29 is 0 Å². The third kappa shape index (κ3) is 3.52. The highest BCUT2D eigenvalue weighted by atomic mass is 14.8. The van der Waals surface area contributed by atoms with Crippen molar-refractivity contribution in [2.75, 3.05) is 13.6 Å². The van der Waals surface area contributed by atoms with Crippen LogP contribution in [0.15, 0.2) is 23.8 Å². The molecular weight excluding hydrogens is 182 g/mol. The Morgan fingerprint density at radius 2 is 2.00 bits per heavy atom. The van der Waals surface area contributed by atoms with Gasteiger partial charge < -0.3 is 5.32 Å². The van der Waals surface area contributed by atoms with Crippen LogP contribution in [0, 0.1) is 13.8 Å². The topological polar surface area (TPSA) is 12.0 Å². The second-order valence-corrected chi connectivity index (χ2v) is 4.03. The lowest BCUT2D eigenvalue weighted by Crippen LogP contribution is -2.09. The van der Waals surface area contributed by atoms with Crippen LogP contribution in [-0.2, 0) is 0 Å². The van der Waals surface area contributed by atoms with Gasteiger partial charge in [0.25, 0.3) is 0 Å². The molecule has 0 aliphatic rings. The summed E-state index contributed by atoms with van der Waals surface area (Å²) in [5, 5.41) is 3.20. The highest BCUT2D eigenvalue weighted by molar-refractivity contribution is 5.55. The molecule has 0 bridgehead atoms. The Labute approximate surface area is 93.2 Å². The standard InChI is InChI=1S/C14H21N/c1-5-13(10-15-4)9-14-7-6-11(2)12(3)8-14/h6-9,15H,5,10H2,1-4H3. The minimum atomic E-state index is 0.976. The first-order valence-corrected chi connectivity index (χ1v) is 5.58. The second-order valence-electron chi connectivity index (χ2n) is 4.03. The molecule has 0 spiro atoms. The molecule has 1 heteroatoms. The molecule has 0 heterocycles. The van der Waals surface area contributed by atoms with Crippen molar-refractivity contribution in [3.8, 4) is 0 Å². The van der Waals surface area contributed by atoms with E-state index in [9.17, 15) is 0 Å². The molecule has 1 N–H and O–H groups in total. The first-order chi connectivity index (χ1) is 7.17. The minimum Gasteiger partial charge on any atom is -0.316 e. The van der Waals surface area contributed by atoms with Gasteiger partial charge >= 0.3 is 0 Å². The van der Waals surface area contributed by atoms with Gasteiger partial charge in [-0.1, -0.05) is 36.8 Å². The Bertz CT molecular complexity index is 350. The number of hydrogen-bond donors (Lipinski definition) is 1. The molecule has 1 rings (SSSR count). The molecular formula is C14H21N. The van der Waals surface area contributed by atoms with Gasteiger partial charge in [0, 0.05) is 6.54 Å². The molecule has 0 saturated carbocycles. The number of hydrogen-bond acceptors (Lipinski definition) is 1. The van der Waals surface area contributed by atoms with Crippen LogP contribution in [0.4, 0.5) is 0 Å². The predicted octanol–water partition coefficient (Wildman–Crippen LogP) is 3.32. The van der Waals surface area contributed by atoms with Crippen molar-refractivity contribution in [2.45, 2.75) is 27.2 Å². The Kier molecular flexibility index (Phi) is 4.57. The van der Waals surface area contributed by atoms with Crippen molar-refractivity contribution in [3.05, 3.63) is 40.5 Å². The first kappa shape index (κ1) is 12.0. The molecule has 1 aromatic rings. The van der Waals surface area contributed by atoms with Crippen LogP contribution >= 0.6 is 0 Å². The van der Waals surface area contributed by atoms with E-state index in [1.807, 2.05) is 7.05 Å². The third-order valence-electron chi connectivity index (χ3n) is 2.76. The molecule has 0 atom stereocenters. The predicted molar refractivity (Wildman–Crippen MR) is 68.1 cm³/mol. The summed E-state index contributed by atoms with van der Waals surface area (Å²) < 4.78 is 0. The molecule has 1 nitrogen and oxygen atoms in total. The van der Waals surface area contributed by atoms with E-state index in [4.69, 9.17) is 0 Å². The Morgan fingerprint density at radius 1 is 1.27 bits per heavy atom. The summed E-state index contributed by atoms with van der Waals surface area (Å²) in [6.07, 6.45) is 3.39. The number of rotatable bonds is 4. The number of aryl methyl sites for hydroxylation is 2. The van der Waals surface area contributed by atoms with Crippen molar-refractivity contribution in [1.29, 1.82) is 0 Å². The molecule has 0 aliphatic heterocycles. The highest BCUT2D eigenvalue weighted by Gasteiger charge is 1.96. The molecule has 1 aromatic carbocycles. The zero-order valence-corrected chi connectivity index (χ0v) is 10.2. The summed E-state index contributed by atoms with van der Waals surface area (Å²) in [4.78, 5) is 0. The molecule has 0 saturated heterocycles. The van der Waals surface area contributed by atoms with Gasteiger partial charge in [-0.15, -0.1) is 0 Å². The van der Waals surface area contributed by atoms with Crippen molar-refractivity contribution in [1.82, 2.24) is 5.32 Å². The number of benzene rings is 1. The molecule has 0 fully saturated rings. The number of nitrogens with one attached hydrogen (secondary N) is 1. The zero-order valence-electron chi connectivity index (χ0n) is 10.2. The maximum atomic E-state index is 3.20. The van der Waals surface area contributed by atoms with Crippen LogP contribution in [0.5, 0.6) is 0 Å². The van der Waals surface area contributed by atoms with Crippen LogP contribution in [0.2, 0.25) is 0 Å². The van der Waals surface area contributed by atoms with Gasteiger partial charge in [-0.05, 0) is 44.0 Å². The van der Waals surface area contributed by atoms with Gasteiger partial charge in [0.05, 0.1) is 0 Å². The average Bonchev–Trinajstić information content (AvgIpc) is 2.23. The monoisotopic (exact) mass is 203 g/mol. The summed E-state index contributed by atoms with van der Waals surface area (Å²) in [5.74, 6) is 0. The van der Waals surface area contributed by atoms with Gasteiger partial charge in [0.15, 0.2) is 0 Å². The fraction of sp³-hybridized carbons (Fsp3) is 0.429. The van der Waals surface area contributed by atoms with Gasteiger partial charge in [-0.25, -0.2) is 0 Å². The smallest absolute Gasteiger partial charge is 0.0164 e. The molecule has 0 unspecified atom stereocenters.